The summed E-state index contributed by atoms with van der Waals surface area (Å²) in [6, 6.07) is 5.01. The first-order chi connectivity index (χ1) is 9.06. The van der Waals surface area contributed by atoms with Gasteiger partial charge < -0.3 is 10.8 Å². The van der Waals surface area contributed by atoms with Gasteiger partial charge in [0.1, 0.15) is 5.75 Å². The van der Waals surface area contributed by atoms with E-state index in [1.165, 1.54) is 17.4 Å². The maximum atomic E-state index is 9.93. The molecule has 7 heteroatoms. The molecule has 3 rings (SSSR count). The zero-order valence-electron chi connectivity index (χ0n) is 10.5. The minimum absolute atomic E-state index is 0.121. The molecule has 0 bridgehead atoms. The zero-order valence-corrected chi connectivity index (χ0v) is 11.3. The Kier molecular flexibility index (Phi) is 2.63. The number of aromatic nitrogens is 4. The van der Waals surface area contributed by atoms with Crippen molar-refractivity contribution in [3.05, 3.63) is 24.0 Å². The number of hydrogen-bond acceptors (Lipinski definition) is 6. The van der Waals surface area contributed by atoms with Crippen LogP contribution in [0.15, 0.2) is 18.2 Å². The van der Waals surface area contributed by atoms with E-state index in [0.29, 0.717) is 16.3 Å². The monoisotopic (exact) mass is 275 g/mol. The summed E-state index contributed by atoms with van der Waals surface area (Å²) in [5, 5.41) is 23.3. The molecule has 0 aliphatic rings. The SMILES string of the molecule is CC(C)c1nnc2sc(-c3ccc(N)cc3O)nn12. The summed E-state index contributed by atoms with van der Waals surface area (Å²) in [5.41, 5.74) is 6.79. The van der Waals surface area contributed by atoms with Gasteiger partial charge in [0, 0.05) is 17.7 Å². The van der Waals surface area contributed by atoms with E-state index in [0.717, 1.165) is 10.8 Å². The van der Waals surface area contributed by atoms with Crippen molar-refractivity contribution in [2.75, 3.05) is 5.73 Å². The Morgan fingerprint density at radius 3 is 2.79 bits per heavy atom. The second kappa shape index (κ2) is 4.20. The topological polar surface area (TPSA) is 89.3 Å². The molecule has 0 atom stereocenters. The molecule has 1 aromatic carbocycles. The molecular formula is C12H13N5OS. The minimum atomic E-state index is 0.121. The van der Waals surface area contributed by atoms with Crippen LogP contribution >= 0.6 is 11.3 Å². The molecule has 0 radical (unpaired) electrons. The lowest BCUT2D eigenvalue weighted by Gasteiger charge is -2.01. The molecule has 3 aromatic rings. The first-order valence-electron chi connectivity index (χ1n) is 5.87. The molecule has 98 valence electrons. The van der Waals surface area contributed by atoms with Crippen LogP contribution in [0.2, 0.25) is 0 Å². The van der Waals surface area contributed by atoms with Crippen LogP contribution in [0.3, 0.4) is 0 Å². The number of rotatable bonds is 2. The van der Waals surface area contributed by atoms with Crippen LogP contribution in [0.25, 0.3) is 15.5 Å². The number of fused-ring (bicyclic) bond motifs is 1. The van der Waals surface area contributed by atoms with E-state index in [2.05, 4.69) is 15.3 Å². The summed E-state index contributed by atoms with van der Waals surface area (Å²) in [6.45, 7) is 4.08. The van der Waals surface area contributed by atoms with E-state index in [-0.39, 0.29) is 11.7 Å². The standard InChI is InChI=1S/C12H13N5OS/c1-6(2)10-14-15-12-17(10)16-11(19-12)8-4-3-7(13)5-9(8)18/h3-6,18H,13H2,1-2H3. The Morgan fingerprint density at radius 2 is 2.11 bits per heavy atom. The average molecular weight is 275 g/mol. The third-order valence-electron chi connectivity index (χ3n) is 2.78. The van der Waals surface area contributed by atoms with E-state index in [1.807, 2.05) is 13.8 Å². The van der Waals surface area contributed by atoms with Crippen molar-refractivity contribution in [2.45, 2.75) is 19.8 Å². The van der Waals surface area contributed by atoms with Crippen molar-refractivity contribution in [3.8, 4) is 16.3 Å². The van der Waals surface area contributed by atoms with Crippen molar-refractivity contribution in [1.29, 1.82) is 0 Å². The molecule has 0 amide bonds. The van der Waals surface area contributed by atoms with Gasteiger partial charge in [0.2, 0.25) is 4.96 Å². The largest absolute Gasteiger partial charge is 0.507 e. The van der Waals surface area contributed by atoms with Crippen molar-refractivity contribution in [2.24, 2.45) is 0 Å². The molecule has 0 saturated heterocycles. The first-order valence-corrected chi connectivity index (χ1v) is 6.69. The summed E-state index contributed by atoms with van der Waals surface area (Å²) >= 11 is 1.39. The highest BCUT2D eigenvalue weighted by Gasteiger charge is 2.16. The average Bonchev–Trinajstić information content (AvgIpc) is 2.87. The lowest BCUT2D eigenvalue weighted by molar-refractivity contribution is 0.477. The van der Waals surface area contributed by atoms with Crippen LogP contribution in [-0.4, -0.2) is 24.9 Å². The molecule has 0 aliphatic carbocycles. The van der Waals surface area contributed by atoms with Crippen molar-refractivity contribution < 1.29 is 5.11 Å². The maximum absolute atomic E-state index is 9.93. The molecule has 0 spiro atoms. The number of nitrogens with two attached hydrogens (primary N) is 1. The number of nitrogens with zero attached hydrogens (tertiary/aromatic N) is 4. The number of anilines is 1. The number of aromatic hydroxyl groups is 1. The number of benzene rings is 1. The van der Waals surface area contributed by atoms with Crippen LogP contribution in [0.5, 0.6) is 5.75 Å². The third-order valence-corrected chi connectivity index (χ3v) is 3.72. The van der Waals surface area contributed by atoms with Crippen LogP contribution in [0.1, 0.15) is 25.6 Å². The predicted octanol–water partition coefficient (Wildman–Crippen LogP) is 2.26. The van der Waals surface area contributed by atoms with Gasteiger partial charge in [-0.05, 0) is 12.1 Å². The van der Waals surface area contributed by atoms with Crippen molar-refractivity contribution in [3.63, 3.8) is 0 Å². The van der Waals surface area contributed by atoms with Gasteiger partial charge in [-0.1, -0.05) is 25.2 Å². The first kappa shape index (κ1) is 11.9. The van der Waals surface area contributed by atoms with Gasteiger partial charge in [0.05, 0.1) is 5.56 Å². The van der Waals surface area contributed by atoms with Gasteiger partial charge in [-0.2, -0.15) is 9.61 Å². The van der Waals surface area contributed by atoms with E-state index < -0.39 is 0 Å². The smallest absolute Gasteiger partial charge is 0.234 e. The van der Waals surface area contributed by atoms with Gasteiger partial charge in [0.15, 0.2) is 10.8 Å². The zero-order chi connectivity index (χ0) is 13.6. The van der Waals surface area contributed by atoms with Crippen LogP contribution in [0, 0.1) is 0 Å². The molecule has 19 heavy (non-hydrogen) atoms. The van der Waals surface area contributed by atoms with Crippen LogP contribution in [0.4, 0.5) is 5.69 Å². The van der Waals surface area contributed by atoms with Gasteiger partial charge >= 0.3 is 0 Å². The second-order valence-electron chi connectivity index (χ2n) is 4.59. The molecule has 3 N–H and O–H groups in total. The summed E-state index contributed by atoms with van der Waals surface area (Å²) < 4.78 is 1.72. The fourth-order valence-corrected chi connectivity index (χ4v) is 2.71. The quantitative estimate of drug-likeness (QED) is 0.700. The van der Waals surface area contributed by atoms with E-state index in [4.69, 9.17) is 5.73 Å². The normalized spacial score (nSPS) is 11.5. The van der Waals surface area contributed by atoms with E-state index in [1.54, 1.807) is 16.6 Å². The van der Waals surface area contributed by atoms with Crippen LogP contribution in [-0.2, 0) is 0 Å². The summed E-state index contributed by atoms with van der Waals surface area (Å²) in [7, 11) is 0. The highest BCUT2D eigenvalue weighted by molar-refractivity contribution is 7.19. The highest BCUT2D eigenvalue weighted by atomic mass is 32.1. The number of nitrogen functional groups attached to an aromatic ring is 1. The number of hydrogen-bond donors (Lipinski definition) is 2. The molecule has 0 aliphatic heterocycles. The molecule has 6 nitrogen and oxygen atoms in total. The predicted molar refractivity (Wildman–Crippen MR) is 74.3 cm³/mol. The molecular weight excluding hydrogens is 262 g/mol. The summed E-state index contributed by atoms with van der Waals surface area (Å²) in [4.78, 5) is 0.718. The van der Waals surface area contributed by atoms with E-state index in [9.17, 15) is 5.11 Å². The Bertz CT molecular complexity index is 746. The number of phenols is 1. The van der Waals surface area contributed by atoms with Crippen molar-refractivity contribution >= 4 is 22.0 Å². The van der Waals surface area contributed by atoms with Crippen molar-refractivity contribution in [1.82, 2.24) is 19.8 Å². The maximum Gasteiger partial charge on any atom is 0.234 e. The third kappa shape index (κ3) is 1.91. The molecule has 2 heterocycles. The van der Waals surface area contributed by atoms with Gasteiger partial charge in [-0.25, -0.2) is 0 Å². The lowest BCUT2D eigenvalue weighted by Crippen LogP contribution is -1.98. The minimum Gasteiger partial charge on any atom is -0.507 e. The molecule has 0 saturated carbocycles. The molecule has 2 aromatic heterocycles. The Labute approximate surface area is 113 Å². The van der Waals surface area contributed by atoms with Crippen LogP contribution < -0.4 is 5.73 Å². The van der Waals surface area contributed by atoms with E-state index >= 15 is 0 Å². The molecule has 0 fully saturated rings. The number of phenolic OH excluding ortho intramolecular Hbond substituents is 1. The van der Waals surface area contributed by atoms with Gasteiger partial charge in [-0.15, -0.1) is 10.2 Å². The summed E-state index contributed by atoms with van der Waals surface area (Å²) in [6.07, 6.45) is 0. The van der Waals surface area contributed by atoms with Gasteiger partial charge in [-0.3, -0.25) is 0 Å². The highest BCUT2D eigenvalue weighted by Crippen LogP contribution is 2.34. The second-order valence-corrected chi connectivity index (χ2v) is 5.55. The fourth-order valence-electron chi connectivity index (χ4n) is 1.83. The Hall–Kier alpha value is -2.15. The molecule has 0 unspecified atom stereocenters. The summed E-state index contributed by atoms with van der Waals surface area (Å²) in [5.74, 6) is 1.17. The fraction of sp³-hybridized carbons (Fsp3) is 0.250. The van der Waals surface area contributed by atoms with Gasteiger partial charge in [0.25, 0.3) is 0 Å². The Morgan fingerprint density at radius 1 is 1.32 bits per heavy atom. The Balaban J connectivity index is 2.15. The lowest BCUT2D eigenvalue weighted by atomic mass is 10.2.